The van der Waals surface area contributed by atoms with E-state index in [0.717, 1.165) is 5.92 Å². The van der Waals surface area contributed by atoms with Crippen molar-refractivity contribution in [3.05, 3.63) is 0 Å². The summed E-state index contributed by atoms with van der Waals surface area (Å²) in [6.07, 6.45) is 5.09. The van der Waals surface area contributed by atoms with E-state index in [9.17, 15) is 4.79 Å². The average molecular weight is 209 g/mol. The van der Waals surface area contributed by atoms with Gasteiger partial charge in [-0.05, 0) is 50.5 Å². The molecular formula is C13H23NO. The van der Waals surface area contributed by atoms with Crippen LogP contribution in [0.3, 0.4) is 0 Å². The van der Waals surface area contributed by atoms with Crippen molar-refractivity contribution in [1.29, 1.82) is 0 Å². The number of nitrogens with one attached hydrogen (secondary N) is 1. The molecule has 0 spiro atoms. The Balaban J connectivity index is 2.17. The van der Waals surface area contributed by atoms with E-state index in [0.29, 0.717) is 11.8 Å². The van der Waals surface area contributed by atoms with E-state index >= 15 is 0 Å². The van der Waals surface area contributed by atoms with E-state index in [1.807, 2.05) is 0 Å². The molecule has 0 radical (unpaired) electrons. The first kappa shape index (κ1) is 11.1. The first-order valence-corrected chi connectivity index (χ1v) is 6.25. The molecule has 2 aliphatic heterocycles. The number of piperidine rings is 1. The maximum absolute atomic E-state index is 11.6. The summed E-state index contributed by atoms with van der Waals surface area (Å²) in [5.41, 5.74) is 0.237. The van der Waals surface area contributed by atoms with E-state index in [2.05, 4.69) is 19.2 Å². The molecule has 4 atom stereocenters. The van der Waals surface area contributed by atoms with E-state index in [1.165, 1.54) is 32.2 Å². The second-order valence-corrected chi connectivity index (χ2v) is 5.94. The Hall–Kier alpha value is -0.370. The Labute approximate surface area is 92.8 Å². The summed E-state index contributed by atoms with van der Waals surface area (Å²) in [6, 6.07) is 0.663. The van der Waals surface area contributed by atoms with E-state index in [-0.39, 0.29) is 11.3 Å². The van der Waals surface area contributed by atoms with Crippen LogP contribution < -0.4 is 5.32 Å². The standard InChI is InChI=1S/C13H23NO/c1-9(10(2)15)13(3)6-11-4-5-12(7-13)14-8-11/h9,11-12,14H,4-8H2,1-3H3. The molecule has 1 saturated carbocycles. The third-order valence-electron chi connectivity index (χ3n) is 4.74. The highest BCUT2D eigenvalue weighted by Gasteiger charge is 2.42. The molecule has 0 amide bonds. The molecule has 2 nitrogen and oxygen atoms in total. The van der Waals surface area contributed by atoms with Gasteiger partial charge in [-0.1, -0.05) is 13.8 Å². The first-order chi connectivity index (χ1) is 7.01. The van der Waals surface area contributed by atoms with Gasteiger partial charge in [0.1, 0.15) is 5.78 Å². The Morgan fingerprint density at radius 3 is 2.67 bits per heavy atom. The van der Waals surface area contributed by atoms with E-state index in [4.69, 9.17) is 0 Å². The van der Waals surface area contributed by atoms with Crippen LogP contribution >= 0.6 is 0 Å². The van der Waals surface area contributed by atoms with Gasteiger partial charge in [0, 0.05) is 12.0 Å². The van der Waals surface area contributed by atoms with Crippen molar-refractivity contribution in [2.24, 2.45) is 17.3 Å². The largest absolute Gasteiger partial charge is 0.314 e. The fourth-order valence-corrected chi connectivity index (χ4v) is 3.47. The fraction of sp³-hybridized carbons (Fsp3) is 0.923. The molecular weight excluding hydrogens is 186 g/mol. The van der Waals surface area contributed by atoms with Gasteiger partial charge in [0.25, 0.3) is 0 Å². The molecule has 3 fully saturated rings. The zero-order valence-electron chi connectivity index (χ0n) is 10.2. The minimum Gasteiger partial charge on any atom is -0.314 e. The SMILES string of the molecule is CC(=O)C(C)C1(C)CC2CCC(C1)NC2. The highest BCUT2D eigenvalue weighted by Crippen LogP contribution is 2.45. The summed E-state index contributed by atoms with van der Waals surface area (Å²) >= 11 is 0. The summed E-state index contributed by atoms with van der Waals surface area (Å²) in [4.78, 5) is 11.6. The molecule has 2 bridgehead atoms. The van der Waals surface area contributed by atoms with Crippen LogP contribution in [0.1, 0.15) is 46.5 Å². The van der Waals surface area contributed by atoms with E-state index < -0.39 is 0 Å². The zero-order chi connectivity index (χ0) is 11.1. The van der Waals surface area contributed by atoms with Gasteiger partial charge in [-0.25, -0.2) is 0 Å². The summed E-state index contributed by atoms with van der Waals surface area (Å²) in [6.45, 7) is 7.35. The zero-order valence-corrected chi connectivity index (χ0v) is 10.2. The van der Waals surface area contributed by atoms with Crippen LogP contribution in [-0.2, 0) is 4.79 Å². The number of fused-ring (bicyclic) bond motifs is 4. The first-order valence-electron chi connectivity index (χ1n) is 6.25. The molecule has 15 heavy (non-hydrogen) atoms. The van der Waals surface area contributed by atoms with Gasteiger partial charge < -0.3 is 5.32 Å². The number of Topliss-reactive ketones (excluding diaryl/α,β-unsaturated/α-hetero) is 1. The normalized spacial score (nSPS) is 42.3. The molecule has 2 heterocycles. The Morgan fingerprint density at radius 1 is 1.40 bits per heavy atom. The predicted octanol–water partition coefficient (Wildman–Crippen LogP) is 2.38. The lowest BCUT2D eigenvalue weighted by Crippen LogP contribution is -2.37. The highest BCUT2D eigenvalue weighted by atomic mass is 16.1. The van der Waals surface area contributed by atoms with Gasteiger partial charge in [0.05, 0.1) is 0 Å². The maximum atomic E-state index is 11.6. The smallest absolute Gasteiger partial charge is 0.133 e. The number of ketones is 1. The van der Waals surface area contributed by atoms with Gasteiger partial charge >= 0.3 is 0 Å². The van der Waals surface area contributed by atoms with Crippen molar-refractivity contribution in [2.75, 3.05) is 6.54 Å². The van der Waals surface area contributed by atoms with Gasteiger partial charge in [-0.2, -0.15) is 0 Å². The average Bonchev–Trinajstić information content (AvgIpc) is 2.44. The number of hydrogen-bond acceptors (Lipinski definition) is 2. The molecule has 0 aromatic heterocycles. The van der Waals surface area contributed by atoms with Gasteiger partial charge in [0.15, 0.2) is 0 Å². The number of rotatable bonds is 2. The molecule has 0 aromatic rings. The molecule has 86 valence electrons. The Kier molecular flexibility index (Phi) is 2.89. The van der Waals surface area contributed by atoms with Crippen molar-refractivity contribution < 1.29 is 4.79 Å². The van der Waals surface area contributed by atoms with Crippen LogP contribution in [-0.4, -0.2) is 18.4 Å². The highest BCUT2D eigenvalue weighted by molar-refractivity contribution is 5.78. The lowest BCUT2D eigenvalue weighted by molar-refractivity contribution is -0.124. The van der Waals surface area contributed by atoms with Gasteiger partial charge in [-0.3, -0.25) is 4.79 Å². The predicted molar refractivity (Wildman–Crippen MR) is 61.7 cm³/mol. The molecule has 4 unspecified atom stereocenters. The molecule has 2 heteroatoms. The van der Waals surface area contributed by atoms with Crippen molar-refractivity contribution in [3.63, 3.8) is 0 Å². The summed E-state index contributed by atoms with van der Waals surface area (Å²) in [7, 11) is 0. The van der Waals surface area contributed by atoms with Gasteiger partial charge in [-0.15, -0.1) is 0 Å². The minimum atomic E-state index is 0.223. The third-order valence-corrected chi connectivity index (χ3v) is 4.74. The Bertz CT molecular complexity index is 239. The lowest BCUT2D eigenvalue weighted by Gasteiger charge is -2.34. The molecule has 0 aromatic carbocycles. The molecule has 3 rings (SSSR count). The Morgan fingerprint density at radius 2 is 2.13 bits per heavy atom. The molecule has 2 saturated heterocycles. The fourth-order valence-electron chi connectivity index (χ4n) is 3.47. The number of carbonyl (C=O) groups excluding carboxylic acids is 1. The van der Waals surface area contributed by atoms with Crippen molar-refractivity contribution in [1.82, 2.24) is 5.32 Å². The topological polar surface area (TPSA) is 29.1 Å². The lowest BCUT2D eigenvalue weighted by atomic mass is 9.69. The number of hydrogen-bond donors (Lipinski definition) is 1. The van der Waals surface area contributed by atoms with Crippen LogP contribution in [0.15, 0.2) is 0 Å². The van der Waals surface area contributed by atoms with Crippen LogP contribution in [0.2, 0.25) is 0 Å². The summed E-state index contributed by atoms with van der Waals surface area (Å²) in [5, 5.41) is 3.62. The van der Waals surface area contributed by atoms with E-state index in [1.54, 1.807) is 6.92 Å². The minimum absolute atomic E-state index is 0.223. The second kappa shape index (κ2) is 3.89. The van der Waals surface area contributed by atoms with Crippen LogP contribution in [0.25, 0.3) is 0 Å². The second-order valence-electron chi connectivity index (χ2n) is 5.94. The molecule has 3 aliphatic rings. The third kappa shape index (κ3) is 2.10. The van der Waals surface area contributed by atoms with Crippen LogP contribution in [0, 0.1) is 17.3 Å². The quantitative estimate of drug-likeness (QED) is 0.756. The van der Waals surface area contributed by atoms with Crippen molar-refractivity contribution >= 4 is 5.78 Å². The van der Waals surface area contributed by atoms with Crippen LogP contribution in [0.4, 0.5) is 0 Å². The van der Waals surface area contributed by atoms with Crippen molar-refractivity contribution in [2.45, 2.75) is 52.5 Å². The maximum Gasteiger partial charge on any atom is 0.133 e. The van der Waals surface area contributed by atoms with Crippen molar-refractivity contribution in [3.8, 4) is 0 Å². The van der Waals surface area contributed by atoms with Crippen LogP contribution in [0.5, 0.6) is 0 Å². The summed E-state index contributed by atoms with van der Waals surface area (Å²) in [5.74, 6) is 1.38. The molecule has 1 aliphatic carbocycles. The summed E-state index contributed by atoms with van der Waals surface area (Å²) < 4.78 is 0. The number of carbonyl (C=O) groups is 1. The monoisotopic (exact) mass is 209 g/mol. The molecule has 1 N–H and O–H groups in total. The van der Waals surface area contributed by atoms with Gasteiger partial charge in [0.2, 0.25) is 0 Å².